The van der Waals surface area contributed by atoms with Crippen molar-refractivity contribution < 1.29 is 0 Å². The zero-order chi connectivity index (χ0) is 13.1. The zero-order valence-electron chi connectivity index (χ0n) is 11.3. The maximum atomic E-state index is 4.10. The minimum Gasteiger partial charge on any atom is -0.316 e. The average Bonchev–Trinajstić information content (AvgIpc) is 2.94. The van der Waals surface area contributed by atoms with Crippen LogP contribution in [0, 0.1) is 0 Å². The maximum Gasteiger partial charge on any atom is 0.0270 e. The second-order valence-corrected chi connectivity index (χ2v) is 6.25. The van der Waals surface area contributed by atoms with Crippen molar-refractivity contribution in [3.63, 3.8) is 0 Å². The molecule has 2 unspecified atom stereocenters. The third kappa shape index (κ3) is 2.72. The molecular weight excluding hydrogens is 252 g/mol. The van der Waals surface area contributed by atoms with Gasteiger partial charge < -0.3 is 5.32 Å². The standard InChI is InChI=1S/C16H20N2S/c1-17-15(11-12-5-8-18-9-6-12)13-3-2-4-16-14(13)7-10-19-16/h5-10,13,15,17H,2-4,11H2,1H3. The summed E-state index contributed by atoms with van der Waals surface area (Å²) in [5.74, 6) is 0.660. The van der Waals surface area contributed by atoms with Crippen LogP contribution in [0.2, 0.25) is 0 Å². The summed E-state index contributed by atoms with van der Waals surface area (Å²) in [6.45, 7) is 0. The number of aryl methyl sites for hydroxylation is 1. The highest BCUT2D eigenvalue weighted by atomic mass is 32.1. The molecule has 3 rings (SSSR count). The number of aromatic nitrogens is 1. The Balaban J connectivity index is 1.80. The van der Waals surface area contributed by atoms with Gasteiger partial charge in [-0.05, 0) is 67.4 Å². The van der Waals surface area contributed by atoms with E-state index >= 15 is 0 Å². The number of thiophene rings is 1. The van der Waals surface area contributed by atoms with Crippen molar-refractivity contribution in [1.82, 2.24) is 10.3 Å². The van der Waals surface area contributed by atoms with E-state index in [1.54, 1.807) is 10.4 Å². The van der Waals surface area contributed by atoms with Crippen LogP contribution in [0.15, 0.2) is 36.0 Å². The molecule has 2 nitrogen and oxygen atoms in total. The Kier molecular flexibility index (Phi) is 3.95. The van der Waals surface area contributed by atoms with Crippen molar-refractivity contribution in [2.45, 2.75) is 37.6 Å². The van der Waals surface area contributed by atoms with Crippen LogP contribution in [0.5, 0.6) is 0 Å². The molecule has 0 amide bonds. The quantitative estimate of drug-likeness (QED) is 0.923. The first-order valence-corrected chi connectivity index (χ1v) is 7.89. The minimum absolute atomic E-state index is 0.524. The summed E-state index contributed by atoms with van der Waals surface area (Å²) in [7, 11) is 2.09. The first kappa shape index (κ1) is 12.8. The molecule has 0 aromatic carbocycles. The Morgan fingerprint density at radius 3 is 3.00 bits per heavy atom. The third-order valence-corrected chi connectivity index (χ3v) is 5.16. The van der Waals surface area contributed by atoms with Gasteiger partial charge in [0.05, 0.1) is 0 Å². The monoisotopic (exact) mass is 272 g/mol. The molecule has 2 heterocycles. The molecule has 100 valence electrons. The lowest BCUT2D eigenvalue weighted by atomic mass is 9.80. The van der Waals surface area contributed by atoms with Crippen LogP contribution in [0.1, 0.15) is 34.8 Å². The van der Waals surface area contributed by atoms with Gasteiger partial charge in [0.25, 0.3) is 0 Å². The summed E-state index contributed by atoms with van der Waals surface area (Å²) in [5, 5.41) is 5.79. The summed E-state index contributed by atoms with van der Waals surface area (Å²) < 4.78 is 0. The molecule has 1 aliphatic rings. The number of nitrogens with zero attached hydrogens (tertiary/aromatic N) is 1. The first-order valence-electron chi connectivity index (χ1n) is 7.01. The van der Waals surface area contributed by atoms with Crippen LogP contribution < -0.4 is 5.32 Å². The maximum absolute atomic E-state index is 4.10. The van der Waals surface area contributed by atoms with Crippen LogP contribution in [0.25, 0.3) is 0 Å². The first-order chi connectivity index (χ1) is 9.38. The number of rotatable bonds is 4. The topological polar surface area (TPSA) is 24.9 Å². The lowest BCUT2D eigenvalue weighted by molar-refractivity contribution is 0.414. The van der Waals surface area contributed by atoms with E-state index < -0.39 is 0 Å². The molecule has 1 aliphatic carbocycles. The fourth-order valence-electron chi connectivity index (χ4n) is 3.16. The molecule has 0 saturated heterocycles. The minimum atomic E-state index is 0.524. The van der Waals surface area contributed by atoms with Gasteiger partial charge in [0, 0.05) is 29.2 Å². The van der Waals surface area contributed by atoms with E-state index in [4.69, 9.17) is 0 Å². The molecule has 0 aliphatic heterocycles. The second kappa shape index (κ2) is 5.85. The molecule has 1 N–H and O–H groups in total. The molecule has 19 heavy (non-hydrogen) atoms. The highest BCUT2D eigenvalue weighted by Crippen LogP contribution is 2.37. The number of fused-ring (bicyclic) bond motifs is 1. The van der Waals surface area contributed by atoms with Crippen molar-refractivity contribution in [1.29, 1.82) is 0 Å². The third-order valence-electron chi connectivity index (χ3n) is 4.16. The van der Waals surface area contributed by atoms with Crippen LogP contribution in [0.4, 0.5) is 0 Å². The van der Waals surface area contributed by atoms with Crippen LogP contribution >= 0.6 is 11.3 Å². The Labute approximate surface area is 118 Å². The number of hydrogen-bond donors (Lipinski definition) is 1. The number of hydrogen-bond acceptors (Lipinski definition) is 3. The molecular formula is C16H20N2S. The molecule has 0 saturated carbocycles. The van der Waals surface area contributed by atoms with Crippen molar-refractivity contribution in [2.24, 2.45) is 0 Å². The smallest absolute Gasteiger partial charge is 0.0270 e. The van der Waals surface area contributed by atoms with Crippen LogP contribution in [-0.4, -0.2) is 18.1 Å². The summed E-state index contributed by atoms with van der Waals surface area (Å²) in [6, 6.07) is 7.11. The van der Waals surface area contributed by atoms with E-state index in [0.717, 1.165) is 6.42 Å². The molecule has 2 atom stereocenters. The van der Waals surface area contributed by atoms with Crippen molar-refractivity contribution in [3.8, 4) is 0 Å². The van der Waals surface area contributed by atoms with Gasteiger partial charge in [0.2, 0.25) is 0 Å². The van der Waals surface area contributed by atoms with Crippen molar-refractivity contribution >= 4 is 11.3 Å². The summed E-state index contributed by atoms with van der Waals surface area (Å²) >= 11 is 1.93. The highest BCUT2D eigenvalue weighted by molar-refractivity contribution is 7.10. The van der Waals surface area contributed by atoms with E-state index in [2.05, 4.69) is 40.9 Å². The van der Waals surface area contributed by atoms with Gasteiger partial charge in [0.1, 0.15) is 0 Å². The number of pyridine rings is 1. The molecule has 2 aromatic heterocycles. The molecule has 2 aromatic rings. The van der Waals surface area contributed by atoms with Gasteiger partial charge in [-0.1, -0.05) is 0 Å². The second-order valence-electron chi connectivity index (χ2n) is 5.25. The highest BCUT2D eigenvalue weighted by Gasteiger charge is 2.27. The van der Waals surface area contributed by atoms with Crippen molar-refractivity contribution in [2.75, 3.05) is 7.05 Å². The summed E-state index contributed by atoms with van der Waals surface area (Å²) in [5.41, 5.74) is 2.96. The molecule has 0 bridgehead atoms. The van der Waals surface area contributed by atoms with E-state index in [1.807, 2.05) is 23.7 Å². The zero-order valence-corrected chi connectivity index (χ0v) is 12.1. The fraction of sp³-hybridized carbons (Fsp3) is 0.438. The Bertz CT molecular complexity index is 521. The van der Waals surface area contributed by atoms with Gasteiger partial charge in [-0.25, -0.2) is 0 Å². The van der Waals surface area contributed by atoms with E-state index in [1.165, 1.54) is 24.8 Å². The van der Waals surface area contributed by atoms with E-state index in [9.17, 15) is 0 Å². The van der Waals surface area contributed by atoms with Crippen LogP contribution in [-0.2, 0) is 12.8 Å². The summed E-state index contributed by atoms with van der Waals surface area (Å²) in [4.78, 5) is 5.70. The van der Waals surface area contributed by atoms with Gasteiger partial charge in [-0.2, -0.15) is 0 Å². The Morgan fingerprint density at radius 2 is 2.21 bits per heavy atom. The van der Waals surface area contributed by atoms with Crippen molar-refractivity contribution in [3.05, 3.63) is 52.0 Å². The van der Waals surface area contributed by atoms with Gasteiger partial charge in [-0.3, -0.25) is 4.98 Å². The SMILES string of the molecule is CNC(Cc1ccncc1)C1CCCc2sccc21. The van der Waals surface area contributed by atoms with E-state index in [-0.39, 0.29) is 0 Å². The normalized spacial score (nSPS) is 19.9. The molecule has 0 spiro atoms. The Hall–Kier alpha value is -1.19. The number of nitrogens with one attached hydrogen (secondary N) is 1. The largest absolute Gasteiger partial charge is 0.316 e. The van der Waals surface area contributed by atoms with Gasteiger partial charge in [-0.15, -0.1) is 11.3 Å². The fourth-order valence-corrected chi connectivity index (χ4v) is 4.15. The van der Waals surface area contributed by atoms with E-state index in [0.29, 0.717) is 12.0 Å². The predicted molar refractivity (Wildman–Crippen MR) is 80.8 cm³/mol. The Morgan fingerprint density at radius 1 is 1.37 bits per heavy atom. The summed E-state index contributed by atoms with van der Waals surface area (Å²) in [6.07, 6.45) is 8.76. The molecule has 0 fully saturated rings. The predicted octanol–water partition coefficient (Wildman–Crippen LogP) is 3.39. The average molecular weight is 272 g/mol. The lowest BCUT2D eigenvalue weighted by Crippen LogP contribution is -2.35. The lowest BCUT2D eigenvalue weighted by Gasteiger charge is -2.30. The molecule has 3 heteroatoms. The molecule has 0 radical (unpaired) electrons. The van der Waals surface area contributed by atoms with Crippen LogP contribution in [0.3, 0.4) is 0 Å². The van der Waals surface area contributed by atoms with Gasteiger partial charge >= 0.3 is 0 Å². The van der Waals surface area contributed by atoms with Gasteiger partial charge in [0.15, 0.2) is 0 Å². The number of likely N-dealkylation sites (N-methyl/N-ethyl adjacent to an activating group) is 1.